The van der Waals surface area contributed by atoms with E-state index in [9.17, 15) is 0 Å². The van der Waals surface area contributed by atoms with E-state index in [0.29, 0.717) is 0 Å². The van der Waals surface area contributed by atoms with Gasteiger partial charge in [0, 0.05) is 34.2 Å². The number of hydrogen-bond donors (Lipinski definition) is 0. The number of hydrogen-bond acceptors (Lipinski definition) is 2. The van der Waals surface area contributed by atoms with Crippen LogP contribution in [0.15, 0.2) is 37.2 Å². The van der Waals surface area contributed by atoms with Crippen LogP contribution in [0.3, 0.4) is 0 Å². The highest BCUT2D eigenvalue weighted by atomic mass is 15.2. The summed E-state index contributed by atoms with van der Waals surface area (Å²) in [6.07, 6.45) is 6.21. The molecule has 4 nitrogen and oxygen atoms in total. The van der Waals surface area contributed by atoms with Gasteiger partial charge in [0.05, 0.1) is 28.5 Å². The first kappa shape index (κ1) is 21.1. The summed E-state index contributed by atoms with van der Waals surface area (Å²) in [7, 11) is 0. The molecule has 4 aromatic heterocycles. The molecule has 4 aromatic rings. The third-order valence-electron chi connectivity index (χ3n) is 7.40. The van der Waals surface area contributed by atoms with Gasteiger partial charge in [-0.25, -0.2) is 9.55 Å². The fourth-order valence-corrected chi connectivity index (χ4v) is 5.72. The van der Waals surface area contributed by atoms with Crippen molar-refractivity contribution in [1.29, 1.82) is 0 Å². The fraction of sp³-hybridized carbons (Fsp3) is 0.464. The molecule has 5 rings (SSSR count). The van der Waals surface area contributed by atoms with E-state index >= 15 is 0 Å². The summed E-state index contributed by atoms with van der Waals surface area (Å²) in [6.45, 7) is 22.7. The monoisotopic (exact) mass is 427 g/mol. The molecular formula is C28H35N4+. The Morgan fingerprint density at radius 3 is 2.25 bits per heavy atom. The first-order valence-corrected chi connectivity index (χ1v) is 11.9. The SMILES string of the molecule is C=C1c2cnc(C(C)(C)C)c3nc(C(C)(C)C)c4c(c23)[n+](c2ccccn42)C1(CC)CC. The molecule has 0 radical (unpaired) electrons. The highest BCUT2D eigenvalue weighted by Gasteiger charge is 2.47. The third-order valence-corrected chi connectivity index (χ3v) is 7.40. The summed E-state index contributed by atoms with van der Waals surface area (Å²) in [5.41, 5.74) is 8.81. The van der Waals surface area contributed by atoms with Crippen molar-refractivity contribution in [3.63, 3.8) is 0 Å². The Morgan fingerprint density at radius 2 is 1.66 bits per heavy atom. The van der Waals surface area contributed by atoms with E-state index in [1.165, 1.54) is 22.1 Å². The Morgan fingerprint density at radius 1 is 1.00 bits per heavy atom. The maximum absolute atomic E-state index is 5.40. The largest absolute Gasteiger partial charge is 0.287 e. The molecule has 0 bridgehead atoms. The highest BCUT2D eigenvalue weighted by molar-refractivity contribution is 6.10. The number of pyridine rings is 3. The molecule has 5 heterocycles. The van der Waals surface area contributed by atoms with E-state index in [-0.39, 0.29) is 16.4 Å². The second-order valence-electron chi connectivity index (χ2n) is 11.4. The number of allylic oxidation sites excluding steroid dienone is 1. The zero-order valence-corrected chi connectivity index (χ0v) is 20.8. The van der Waals surface area contributed by atoms with Crippen LogP contribution in [0, 0.1) is 0 Å². The molecule has 4 heteroatoms. The Kier molecular flexibility index (Phi) is 4.22. The van der Waals surface area contributed by atoms with Gasteiger partial charge in [-0.15, -0.1) is 0 Å². The second kappa shape index (κ2) is 6.40. The second-order valence-corrected chi connectivity index (χ2v) is 11.4. The maximum Gasteiger partial charge on any atom is 0.287 e. The topological polar surface area (TPSA) is 34.1 Å². The van der Waals surface area contributed by atoms with Crippen molar-refractivity contribution in [2.24, 2.45) is 0 Å². The van der Waals surface area contributed by atoms with Crippen molar-refractivity contribution < 1.29 is 4.57 Å². The summed E-state index contributed by atoms with van der Waals surface area (Å²) in [6, 6.07) is 6.50. The Labute approximate surface area is 191 Å². The number of nitrogens with zero attached hydrogens (tertiary/aromatic N) is 4. The zero-order valence-electron chi connectivity index (χ0n) is 20.8. The van der Waals surface area contributed by atoms with Crippen molar-refractivity contribution >= 4 is 33.2 Å². The minimum Gasteiger partial charge on any atom is -0.258 e. The lowest BCUT2D eigenvalue weighted by molar-refractivity contribution is -0.703. The minimum absolute atomic E-state index is 0.107. The van der Waals surface area contributed by atoms with Crippen LogP contribution < -0.4 is 4.57 Å². The van der Waals surface area contributed by atoms with Gasteiger partial charge in [0.15, 0.2) is 5.52 Å². The van der Waals surface area contributed by atoms with Crippen LogP contribution in [-0.2, 0) is 16.4 Å². The molecule has 0 aliphatic carbocycles. The minimum atomic E-state index is -0.185. The van der Waals surface area contributed by atoms with Gasteiger partial charge in [-0.05, 0) is 18.9 Å². The molecule has 0 fully saturated rings. The van der Waals surface area contributed by atoms with E-state index in [4.69, 9.17) is 9.97 Å². The Hall–Kier alpha value is -2.75. The highest BCUT2D eigenvalue weighted by Crippen LogP contribution is 2.47. The van der Waals surface area contributed by atoms with Crippen LogP contribution in [0.4, 0.5) is 0 Å². The smallest absolute Gasteiger partial charge is 0.258 e. The van der Waals surface area contributed by atoms with Gasteiger partial charge in [0.25, 0.3) is 5.65 Å². The molecule has 0 N–H and O–H groups in total. The number of aromatic nitrogens is 4. The molecule has 0 aromatic carbocycles. The first-order valence-electron chi connectivity index (χ1n) is 11.9. The third kappa shape index (κ3) is 2.47. The Bertz CT molecular complexity index is 1420. The molecule has 1 aliphatic heterocycles. The lowest BCUT2D eigenvalue weighted by atomic mass is 9.76. The normalized spacial score (nSPS) is 16.1. The van der Waals surface area contributed by atoms with Gasteiger partial charge in [-0.2, -0.15) is 4.40 Å². The Balaban J connectivity index is 2.20. The van der Waals surface area contributed by atoms with Crippen molar-refractivity contribution in [2.45, 2.75) is 84.6 Å². The molecule has 0 saturated carbocycles. The summed E-state index contributed by atoms with van der Waals surface area (Å²) in [5, 5.41) is 1.21. The van der Waals surface area contributed by atoms with Crippen LogP contribution in [0.2, 0.25) is 0 Å². The standard InChI is InChI=1S/C28H35N4/c1-10-28(11-2)17(3)18-16-29-24(26(4,5)6)21-20(18)22-23(25(30-21)27(7,8)9)31-15-13-12-14-19(31)32(22)28/h12-16H,3,10-11H2,1-2,4-9H3/q+1. The molecule has 0 saturated heterocycles. The van der Waals surface area contributed by atoms with Gasteiger partial charge in [0.1, 0.15) is 5.54 Å². The van der Waals surface area contributed by atoms with Gasteiger partial charge >= 0.3 is 0 Å². The molecule has 0 atom stereocenters. The molecule has 0 spiro atoms. The van der Waals surface area contributed by atoms with E-state index in [1.807, 2.05) is 0 Å². The number of imidazole rings is 1. The molecule has 32 heavy (non-hydrogen) atoms. The van der Waals surface area contributed by atoms with Crippen LogP contribution in [-0.4, -0.2) is 14.4 Å². The van der Waals surface area contributed by atoms with Crippen LogP contribution in [0.25, 0.3) is 33.2 Å². The summed E-state index contributed by atoms with van der Waals surface area (Å²) < 4.78 is 4.92. The number of fused-ring (bicyclic) bond motifs is 3. The van der Waals surface area contributed by atoms with Crippen LogP contribution in [0.5, 0.6) is 0 Å². The number of rotatable bonds is 2. The summed E-state index contributed by atoms with van der Waals surface area (Å²) >= 11 is 0. The molecule has 166 valence electrons. The van der Waals surface area contributed by atoms with Crippen molar-refractivity contribution in [3.8, 4) is 0 Å². The van der Waals surface area contributed by atoms with E-state index in [2.05, 4.69) is 102 Å². The first-order chi connectivity index (χ1) is 15.0. The van der Waals surface area contributed by atoms with Crippen molar-refractivity contribution in [1.82, 2.24) is 14.4 Å². The quantitative estimate of drug-likeness (QED) is 0.344. The fourth-order valence-electron chi connectivity index (χ4n) is 5.72. The van der Waals surface area contributed by atoms with Crippen molar-refractivity contribution in [3.05, 3.63) is 54.1 Å². The van der Waals surface area contributed by atoms with E-state index in [1.54, 1.807) is 0 Å². The van der Waals surface area contributed by atoms with Gasteiger partial charge in [-0.3, -0.25) is 4.98 Å². The average Bonchev–Trinajstić information content (AvgIpc) is 3.08. The average molecular weight is 428 g/mol. The molecular weight excluding hydrogens is 392 g/mol. The van der Waals surface area contributed by atoms with Crippen LogP contribution in [0.1, 0.15) is 85.2 Å². The molecule has 1 aliphatic rings. The summed E-state index contributed by atoms with van der Waals surface area (Å²) in [5.74, 6) is 0. The summed E-state index contributed by atoms with van der Waals surface area (Å²) in [4.78, 5) is 10.4. The van der Waals surface area contributed by atoms with E-state index in [0.717, 1.165) is 40.9 Å². The van der Waals surface area contributed by atoms with Crippen molar-refractivity contribution in [2.75, 3.05) is 0 Å². The lowest BCUT2D eigenvalue weighted by Crippen LogP contribution is -2.57. The van der Waals surface area contributed by atoms with Gasteiger partial charge in [-0.1, -0.05) is 68.0 Å². The lowest BCUT2D eigenvalue weighted by Gasteiger charge is -2.36. The maximum atomic E-state index is 5.40. The predicted octanol–water partition coefficient (Wildman–Crippen LogP) is 6.46. The predicted molar refractivity (Wildman–Crippen MR) is 133 cm³/mol. The zero-order chi connectivity index (χ0) is 23.2. The van der Waals surface area contributed by atoms with Gasteiger partial charge in [0.2, 0.25) is 5.52 Å². The molecule has 0 amide bonds. The van der Waals surface area contributed by atoms with Crippen LogP contribution >= 0.6 is 0 Å². The molecule has 0 unspecified atom stereocenters. The van der Waals surface area contributed by atoms with Gasteiger partial charge < -0.3 is 0 Å². The van der Waals surface area contributed by atoms with E-state index < -0.39 is 0 Å².